The summed E-state index contributed by atoms with van der Waals surface area (Å²) in [6.07, 6.45) is 1.50. The Labute approximate surface area is 214 Å². The van der Waals surface area contributed by atoms with Crippen molar-refractivity contribution in [2.75, 3.05) is 13.2 Å². The summed E-state index contributed by atoms with van der Waals surface area (Å²) >= 11 is 0.775. The smallest absolute Gasteiger partial charge is 0.283 e. The molecule has 2 heterocycles. The third-order valence-electron chi connectivity index (χ3n) is 5.66. The van der Waals surface area contributed by atoms with Crippen molar-refractivity contribution in [1.82, 2.24) is 4.90 Å². The van der Waals surface area contributed by atoms with Gasteiger partial charge >= 0.3 is 0 Å². The van der Waals surface area contributed by atoms with E-state index in [-0.39, 0.29) is 21.7 Å². The minimum atomic E-state index is -3.76. The maximum atomic E-state index is 12.7. The zero-order valence-corrected chi connectivity index (χ0v) is 21.9. The van der Waals surface area contributed by atoms with E-state index >= 15 is 0 Å². The van der Waals surface area contributed by atoms with E-state index < -0.39 is 21.0 Å². The number of nitrogens with zero attached hydrogens (tertiary/aromatic N) is 3. The summed E-state index contributed by atoms with van der Waals surface area (Å²) in [6, 6.07) is 12.9. The van der Waals surface area contributed by atoms with E-state index in [9.17, 15) is 13.2 Å². The standard InChI is InChI=1S/C25H26N4O5S2/c1-15(2)36(31,32)25-28-35-24-27-23(30)21(22(26)29(24)25)14-18-6-9-19(10-7-18)33-11-12-34-20-8-5-16(3)17(4)13-20/h5-10,13-15,26H,11-12H2,1-4H3/b21-14-,26-22?. The van der Waals surface area contributed by atoms with Crippen LogP contribution in [0.25, 0.3) is 6.08 Å². The van der Waals surface area contributed by atoms with Gasteiger partial charge in [-0.25, -0.2) is 13.3 Å². The molecule has 11 heteroatoms. The van der Waals surface area contributed by atoms with Crippen molar-refractivity contribution in [2.24, 2.45) is 9.39 Å². The molecule has 0 fully saturated rings. The van der Waals surface area contributed by atoms with Crippen LogP contribution in [0.2, 0.25) is 0 Å². The van der Waals surface area contributed by atoms with Crippen LogP contribution in [0.1, 0.15) is 30.5 Å². The fraction of sp³-hybridized carbons (Fsp3) is 0.280. The monoisotopic (exact) mass is 526 g/mol. The van der Waals surface area contributed by atoms with Crippen LogP contribution >= 0.6 is 11.9 Å². The van der Waals surface area contributed by atoms with Crippen LogP contribution in [0.15, 0.2) is 57.4 Å². The fourth-order valence-corrected chi connectivity index (χ4v) is 5.41. The molecule has 1 N–H and O–H groups in total. The molecular formula is C25H26N4O5S2. The molecule has 0 aromatic heterocycles. The largest absolute Gasteiger partial charge is 0.490 e. The highest BCUT2D eigenvalue weighted by Crippen LogP contribution is 2.31. The molecule has 0 bridgehead atoms. The lowest BCUT2D eigenvalue weighted by atomic mass is 10.1. The molecule has 9 nitrogen and oxygen atoms in total. The summed E-state index contributed by atoms with van der Waals surface area (Å²) in [7, 11) is -3.76. The highest BCUT2D eigenvalue weighted by molar-refractivity contribution is 8.16. The third kappa shape index (κ3) is 5.21. The van der Waals surface area contributed by atoms with Gasteiger partial charge in [-0.1, -0.05) is 18.2 Å². The minimum absolute atomic E-state index is 0.0247. The Morgan fingerprint density at radius 3 is 2.31 bits per heavy atom. The van der Waals surface area contributed by atoms with E-state index in [0.717, 1.165) is 28.2 Å². The number of rotatable bonds is 7. The van der Waals surface area contributed by atoms with E-state index in [1.165, 1.54) is 25.5 Å². The van der Waals surface area contributed by atoms with Gasteiger partial charge in [0.1, 0.15) is 30.5 Å². The average molecular weight is 527 g/mol. The highest BCUT2D eigenvalue weighted by atomic mass is 32.2. The Kier molecular flexibility index (Phi) is 7.32. The second-order valence-corrected chi connectivity index (χ2v) is 11.6. The van der Waals surface area contributed by atoms with Gasteiger partial charge in [0, 0.05) is 0 Å². The predicted octanol–water partition coefficient (Wildman–Crippen LogP) is 4.16. The number of amides is 1. The molecule has 0 saturated heterocycles. The Hall–Kier alpha value is -3.44. The van der Waals surface area contributed by atoms with Crippen LogP contribution in [0.4, 0.5) is 0 Å². The molecule has 4 rings (SSSR count). The van der Waals surface area contributed by atoms with Gasteiger partial charge in [-0.15, -0.1) is 0 Å². The van der Waals surface area contributed by atoms with Crippen molar-refractivity contribution >= 4 is 49.9 Å². The number of carbonyl (C=O) groups excluding carboxylic acids is 1. The lowest BCUT2D eigenvalue weighted by molar-refractivity contribution is -0.114. The van der Waals surface area contributed by atoms with E-state index in [1.54, 1.807) is 24.3 Å². The van der Waals surface area contributed by atoms with Gasteiger partial charge in [-0.05, 0) is 74.7 Å². The third-order valence-corrected chi connectivity index (χ3v) is 8.50. The van der Waals surface area contributed by atoms with Crippen molar-refractivity contribution < 1.29 is 22.7 Å². The first-order valence-corrected chi connectivity index (χ1v) is 13.6. The molecule has 0 spiro atoms. The molecule has 0 unspecified atom stereocenters. The maximum absolute atomic E-state index is 12.7. The summed E-state index contributed by atoms with van der Waals surface area (Å²) in [5.41, 5.74) is 2.98. The predicted molar refractivity (Wildman–Crippen MR) is 142 cm³/mol. The number of aryl methyl sites for hydroxylation is 2. The number of carbonyl (C=O) groups is 1. The molecule has 0 radical (unpaired) electrons. The van der Waals surface area contributed by atoms with Crippen molar-refractivity contribution in [3.8, 4) is 11.5 Å². The number of hydrogen-bond acceptors (Lipinski definition) is 8. The van der Waals surface area contributed by atoms with Crippen molar-refractivity contribution in [3.63, 3.8) is 0 Å². The molecule has 2 aliphatic heterocycles. The quantitative estimate of drug-likeness (QED) is 0.327. The number of fused-ring (bicyclic) bond motifs is 1. The van der Waals surface area contributed by atoms with Gasteiger partial charge in [0.05, 0.1) is 22.8 Å². The second kappa shape index (κ2) is 10.3. The lowest BCUT2D eigenvalue weighted by Crippen LogP contribution is -2.46. The summed E-state index contributed by atoms with van der Waals surface area (Å²) in [4.78, 5) is 17.6. The Bertz CT molecular complexity index is 1410. The highest BCUT2D eigenvalue weighted by Gasteiger charge is 2.43. The average Bonchev–Trinajstić information content (AvgIpc) is 3.27. The number of hydrogen-bond donors (Lipinski definition) is 1. The Balaban J connectivity index is 1.41. The maximum Gasteiger partial charge on any atom is 0.283 e. The molecule has 0 atom stereocenters. The SMILES string of the molecule is Cc1ccc(OCCOc2ccc(/C=C3/C(=N)N4C(=NC3=O)SN=C4S(=O)(=O)C(C)C)cc2)cc1C. The van der Waals surface area contributed by atoms with Crippen molar-refractivity contribution in [3.05, 3.63) is 64.7 Å². The molecule has 188 valence electrons. The van der Waals surface area contributed by atoms with Gasteiger partial charge in [0.25, 0.3) is 5.91 Å². The second-order valence-electron chi connectivity index (χ2n) is 8.51. The normalized spacial score (nSPS) is 16.8. The summed E-state index contributed by atoms with van der Waals surface area (Å²) in [6.45, 7) is 7.89. The number of nitrogens with one attached hydrogen (secondary N) is 1. The molecule has 2 aromatic carbocycles. The van der Waals surface area contributed by atoms with Crippen LogP contribution < -0.4 is 9.47 Å². The zero-order valence-electron chi connectivity index (χ0n) is 20.3. The van der Waals surface area contributed by atoms with Crippen LogP contribution in [0.5, 0.6) is 11.5 Å². The van der Waals surface area contributed by atoms with E-state index in [1.807, 2.05) is 32.0 Å². The first-order chi connectivity index (χ1) is 17.1. The molecule has 2 aliphatic rings. The zero-order chi connectivity index (χ0) is 26.0. The number of sulfone groups is 1. The summed E-state index contributed by atoms with van der Waals surface area (Å²) in [5, 5.41) is 7.57. The van der Waals surface area contributed by atoms with Crippen molar-refractivity contribution in [2.45, 2.75) is 32.9 Å². The van der Waals surface area contributed by atoms with Crippen molar-refractivity contribution in [1.29, 1.82) is 5.41 Å². The Morgan fingerprint density at radius 2 is 1.67 bits per heavy atom. The van der Waals surface area contributed by atoms with Gasteiger partial charge in [0.2, 0.25) is 20.2 Å². The topological polar surface area (TPSA) is 121 Å². The Morgan fingerprint density at radius 1 is 1.03 bits per heavy atom. The molecule has 0 saturated carbocycles. The number of benzene rings is 2. The van der Waals surface area contributed by atoms with Crippen LogP contribution in [0.3, 0.4) is 0 Å². The van der Waals surface area contributed by atoms with E-state index in [2.05, 4.69) is 9.39 Å². The molecular weight excluding hydrogens is 500 g/mol. The first-order valence-electron chi connectivity index (χ1n) is 11.2. The summed E-state index contributed by atoms with van der Waals surface area (Å²) in [5.74, 6) is 0.516. The molecule has 36 heavy (non-hydrogen) atoms. The van der Waals surface area contributed by atoms with E-state index in [4.69, 9.17) is 14.9 Å². The number of ether oxygens (including phenoxy) is 2. The first kappa shape index (κ1) is 25.6. The lowest BCUT2D eigenvalue weighted by Gasteiger charge is -2.25. The van der Waals surface area contributed by atoms with Crippen LogP contribution in [-0.2, 0) is 14.6 Å². The molecule has 0 aliphatic carbocycles. The molecule has 1 amide bonds. The van der Waals surface area contributed by atoms with Gasteiger partial charge in [-0.2, -0.15) is 9.39 Å². The van der Waals surface area contributed by atoms with Gasteiger partial charge in [0.15, 0.2) is 0 Å². The van der Waals surface area contributed by atoms with E-state index in [0.29, 0.717) is 24.5 Å². The molecule has 2 aromatic rings. The number of amidine groups is 3. The van der Waals surface area contributed by atoms with Crippen LogP contribution in [0, 0.1) is 19.3 Å². The fourth-order valence-electron chi connectivity index (χ4n) is 3.34. The van der Waals surface area contributed by atoms with Crippen LogP contribution in [-0.4, -0.2) is 53.9 Å². The minimum Gasteiger partial charge on any atom is -0.490 e. The van der Waals surface area contributed by atoms with Gasteiger partial charge in [-0.3, -0.25) is 10.2 Å². The van der Waals surface area contributed by atoms with Gasteiger partial charge < -0.3 is 9.47 Å². The number of aliphatic imine (C=N–C) groups is 1. The summed E-state index contributed by atoms with van der Waals surface area (Å²) < 4.78 is 40.8.